The number of methoxy groups -OCH3 is 1. The third-order valence-corrected chi connectivity index (χ3v) is 5.88. The largest absolute Gasteiger partial charge is 0.496 e. The van der Waals surface area contributed by atoms with Crippen LogP contribution in [0.3, 0.4) is 0 Å². The summed E-state index contributed by atoms with van der Waals surface area (Å²) in [4.78, 5) is 2.48. The predicted molar refractivity (Wildman–Crippen MR) is 113 cm³/mol. The minimum absolute atomic E-state index is 0. The lowest BCUT2D eigenvalue weighted by atomic mass is 9.82. The van der Waals surface area contributed by atoms with Crippen molar-refractivity contribution in [3.05, 3.63) is 58.7 Å². The molecule has 1 heterocycles. The summed E-state index contributed by atoms with van der Waals surface area (Å²) in [5.41, 5.74) is 5.65. The molecular formula is C23H30ClNO2. The van der Waals surface area contributed by atoms with E-state index >= 15 is 0 Å². The molecule has 146 valence electrons. The molecule has 0 saturated carbocycles. The molecular weight excluding hydrogens is 358 g/mol. The number of hydrogen-bond acceptors (Lipinski definition) is 3. The van der Waals surface area contributed by atoms with Gasteiger partial charge in [-0.2, -0.15) is 0 Å². The van der Waals surface area contributed by atoms with E-state index in [1.54, 1.807) is 7.11 Å². The van der Waals surface area contributed by atoms with E-state index in [0.717, 1.165) is 50.5 Å². The van der Waals surface area contributed by atoms with Crippen molar-refractivity contribution in [2.24, 2.45) is 0 Å². The van der Waals surface area contributed by atoms with Crippen LogP contribution in [0.2, 0.25) is 0 Å². The van der Waals surface area contributed by atoms with Crippen LogP contribution in [0.25, 0.3) is 0 Å². The molecule has 0 amide bonds. The normalized spacial score (nSPS) is 17.7. The van der Waals surface area contributed by atoms with Crippen molar-refractivity contribution in [2.45, 2.75) is 38.0 Å². The molecule has 1 atom stereocenters. The summed E-state index contributed by atoms with van der Waals surface area (Å²) in [6.07, 6.45) is 5.81. The molecule has 2 aliphatic rings. The summed E-state index contributed by atoms with van der Waals surface area (Å²) < 4.78 is 11.3. The summed E-state index contributed by atoms with van der Waals surface area (Å²) in [6.45, 7) is 3.03. The maximum atomic E-state index is 5.70. The summed E-state index contributed by atoms with van der Waals surface area (Å²) >= 11 is 0. The Morgan fingerprint density at radius 3 is 2.93 bits per heavy atom. The molecule has 0 N–H and O–H groups in total. The number of hydrogen-bond donors (Lipinski definition) is 0. The first kappa shape index (κ1) is 20.0. The lowest BCUT2D eigenvalue weighted by Crippen LogP contribution is -2.28. The standard InChI is InChI=1S/C23H29NO2.ClH/c1-24(13-11-17-9-10-18-12-14-26-23(18)15-17)16-19-5-3-7-21-20(19)6-4-8-22(21)25-2;/h4,6,8-10,15,19H,3,5,7,11-14,16H2,1-2H3;1H/t19-;/m0./s1. The SMILES string of the molecule is COc1cccc2c1CCC[C@H]2CN(C)CCc1ccc2c(c1)OCC2.Cl. The first-order valence-electron chi connectivity index (χ1n) is 9.83. The Balaban J connectivity index is 0.00000210. The van der Waals surface area contributed by atoms with Crippen molar-refractivity contribution in [3.8, 4) is 11.5 Å². The van der Waals surface area contributed by atoms with Crippen LogP contribution in [0.15, 0.2) is 36.4 Å². The molecule has 0 radical (unpaired) electrons. The fourth-order valence-electron chi connectivity index (χ4n) is 4.45. The molecule has 0 fully saturated rings. The van der Waals surface area contributed by atoms with E-state index in [1.165, 1.54) is 35.1 Å². The van der Waals surface area contributed by atoms with E-state index in [9.17, 15) is 0 Å². The summed E-state index contributed by atoms with van der Waals surface area (Å²) in [5.74, 6) is 2.77. The fraction of sp³-hybridized carbons (Fsp3) is 0.478. The number of benzene rings is 2. The Morgan fingerprint density at radius 1 is 1.19 bits per heavy atom. The first-order chi connectivity index (χ1) is 12.7. The Kier molecular flexibility index (Phi) is 6.67. The van der Waals surface area contributed by atoms with Crippen LogP contribution in [-0.4, -0.2) is 38.8 Å². The van der Waals surface area contributed by atoms with E-state index in [4.69, 9.17) is 9.47 Å². The Labute approximate surface area is 169 Å². The van der Waals surface area contributed by atoms with E-state index < -0.39 is 0 Å². The van der Waals surface area contributed by atoms with Gasteiger partial charge in [0.25, 0.3) is 0 Å². The summed E-state index contributed by atoms with van der Waals surface area (Å²) in [6, 6.07) is 13.3. The molecule has 4 heteroatoms. The molecule has 0 saturated heterocycles. The van der Waals surface area contributed by atoms with E-state index in [0.29, 0.717) is 5.92 Å². The van der Waals surface area contributed by atoms with Gasteiger partial charge < -0.3 is 14.4 Å². The van der Waals surface area contributed by atoms with E-state index in [-0.39, 0.29) is 12.4 Å². The van der Waals surface area contributed by atoms with Gasteiger partial charge in [0, 0.05) is 19.5 Å². The number of nitrogens with zero attached hydrogens (tertiary/aromatic N) is 1. The van der Waals surface area contributed by atoms with Crippen molar-refractivity contribution in [2.75, 3.05) is 33.9 Å². The second-order valence-corrected chi connectivity index (χ2v) is 7.67. The van der Waals surface area contributed by atoms with Gasteiger partial charge in [0.1, 0.15) is 11.5 Å². The average molecular weight is 388 g/mol. The van der Waals surface area contributed by atoms with Gasteiger partial charge in [-0.05, 0) is 73.0 Å². The van der Waals surface area contributed by atoms with Crippen molar-refractivity contribution >= 4 is 12.4 Å². The molecule has 1 aliphatic heterocycles. The highest BCUT2D eigenvalue weighted by molar-refractivity contribution is 5.85. The minimum Gasteiger partial charge on any atom is -0.496 e. The van der Waals surface area contributed by atoms with E-state index in [2.05, 4.69) is 48.3 Å². The topological polar surface area (TPSA) is 21.7 Å². The van der Waals surface area contributed by atoms with Gasteiger partial charge in [0.2, 0.25) is 0 Å². The van der Waals surface area contributed by atoms with Crippen LogP contribution in [0, 0.1) is 0 Å². The average Bonchev–Trinajstić information content (AvgIpc) is 3.14. The number of rotatable bonds is 6. The van der Waals surface area contributed by atoms with Gasteiger partial charge >= 0.3 is 0 Å². The maximum Gasteiger partial charge on any atom is 0.122 e. The molecule has 2 aromatic rings. The Morgan fingerprint density at radius 2 is 2.07 bits per heavy atom. The van der Waals surface area contributed by atoms with Gasteiger partial charge in [0.05, 0.1) is 13.7 Å². The Hall–Kier alpha value is -1.71. The van der Waals surface area contributed by atoms with Crippen molar-refractivity contribution < 1.29 is 9.47 Å². The molecule has 0 spiro atoms. The van der Waals surface area contributed by atoms with Gasteiger partial charge in [-0.1, -0.05) is 24.3 Å². The van der Waals surface area contributed by atoms with Crippen molar-refractivity contribution in [3.63, 3.8) is 0 Å². The third-order valence-electron chi connectivity index (χ3n) is 5.88. The molecule has 0 bridgehead atoms. The summed E-state index contributed by atoms with van der Waals surface area (Å²) in [5, 5.41) is 0. The lowest BCUT2D eigenvalue weighted by Gasteiger charge is -2.30. The van der Waals surface area contributed by atoms with Gasteiger partial charge in [-0.3, -0.25) is 0 Å². The van der Waals surface area contributed by atoms with E-state index in [1.807, 2.05) is 0 Å². The predicted octanol–water partition coefficient (Wildman–Crippen LogP) is 4.65. The quantitative estimate of drug-likeness (QED) is 0.720. The molecule has 27 heavy (non-hydrogen) atoms. The van der Waals surface area contributed by atoms with Crippen LogP contribution in [0.5, 0.6) is 11.5 Å². The molecule has 2 aromatic carbocycles. The lowest BCUT2D eigenvalue weighted by molar-refractivity contribution is 0.299. The fourth-order valence-corrected chi connectivity index (χ4v) is 4.45. The minimum atomic E-state index is 0. The molecule has 0 aromatic heterocycles. The van der Waals surface area contributed by atoms with Crippen LogP contribution in [0.4, 0.5) is 0 Å². The van der Waals surface area contributed by atoms with Gasteiger partial charge in [-0.15, -0.1) is 12.4 Å². The highest BCUT2D eigenvalue weighted by atomic mass is 35.5. The van der Waals surface area contributed by atoms with Gasteiger partial charge in [0.15, 0.2) is 0 Å². The summed E-state index contributed by atoms with van der Waals surface area (Å²) in [7, 11) is 4.03. The highest BCUT2D eigenvalue weighted by Crippen LogP contribution is 2.37. The second-order valence-electron chi connectivity index (χ2n) is 7.67. The zero-order valence-corrected chi connectivity index (χ0v) is 17.2. The number of ether oxygens (including phenoxy) is 2. The molecule has 0 unspecified atom stereocenters. The van der Waals surface area contributed by atoms with Crippen molar-refractivity contribution in [1.29, 1.82) is 0 Å². The highest BCUT2D eigenvalue weighted by Gasteiger charge is 2.23. The van der Waals surface area contributed by atoms with Crippen LogP contribution >= 0.6 is 12.4 Å². The van der Waals surface area contributed by atoms with Crippen LogP contribution in [0.1, 0.15) is 41.0 Å². The first-order valence-corrected chi connectivity index (χ1v) is 9.83. The maximum absolute atomic E-state index is 5.70. The number of halogens is 1. The number of likely N-dealkylation sites (N-methyl/N-ethyl adjacent to an activating group) is 1. The van der Waals surface area contributed by atoms with Gasteiger partial charge in [-0.25, -0.2) is 0 Å². The third kappa shape index (κ3) is 4.41. The smallest absolute Gasteiger partial charge is 0.122 e. The number of fused-ring (bicyclic) bond motifs is 2. The van der Waals surface area contributed by atoms with Crippen LogP contribution in [-0.2, 0) is 19.3 Å². The Bertz CT molecular complexity index is 777. The molecule has 4 rings (SSSR count). The van der Waals surface area contributed by atoms with Crippen LogP contribution < -0.4 is 9.47 Å². The van der Waals surface area contributed by atoms with Crippen molar-refractivity contribution in [1.82, 2.24) is 4.90 Å². The monoisotopic (exact) mass is 387 g/mol. The molecule has 1 aliphatic carbocycles. The zero-order valence-electron chi connectivity index (χ0n) is 16.4. The second kappa shape index (κ2) is 8.99. The molecule has 3 nitrogen and oxygen atoms in total. The zero-order chi connectivity index (χ0) is 17.9.